The van der Waals surface area contributed by atoms with E-state index in [-0.39, 0.29) is 16.8 Å². The van der Waals surface area contributed by atoms with Crippen molar-refractivity contribution in [2.75, 3.05) is 11.1 Å². The van der Waals surface area contributed by atoms with Crippen LogP contribution in [0.3, 0.4) is 0 Å². The van der Waals surface area contributed by atoms with E-state index >= 15 is 0 Å². The molecule has 124 valence electrons. The Morgan fingerprint density at radius 1 is 1.21 bits per heavy atom. The predicted octanol–water partition coefficient (Wildman–Crippen LogP) is 1.68. The molecule has 2 aromatic heterocycles. The minimum Gasteiger partial charge on any atom is -0.308 e. The highest BCUT2D eigenvalue weighted by molar-refractivity contribution is 8.00. The van der Waals surface area contributed by atoms with Gasteiger partial charge in [0.1, 0.15) is 0 Å². The third-order valence-corrected chi connectivity index (χ3v) is 5.76. The summed E-state index contributed by atoms with van der Waals surface area (Å²) in [6, 6.07) is 6.01. The van der Waals surface area contributed by atoms with Gasteiger partial charge in [-0.1, -0.05) is 6.07 Å². The van der Waals surface area contributed by atoms with Crippen LogP contribution < -0.4 is 11.0 Å². The first kappa shape index (κ1) is 15.1. The summed E-state index contributed by atoms with van der Waals surface area (Å²) in [5.41, 5.74) is 4.71. The van der Waals surface area contributed by atoms with Gasteiger partial charge in [-0.25, -0.2) is 4.79 Å². The smallest absolute Gasteiger partial charge is 0.308 e. The van der Waals surface area contributed by atoms with Crippen LogP contribution in [0.5, 0.6) is 0 Å². The lowest BCUT2D eigenvalue weighted by Crippen LogP contribution is -2.19. The van der Waals surface area contributed by atoms with Crippen molar-refractivity contribution < 1.29 is 4.79 Å². The SMILES string of the molecule is Cc1[nH]nc2c1C(c1ccc3c(c1)n(C)c(=O)n3C)SCC(=O)N2. The van der Waals surface area contributed by atoms with Gasteiger partial charge in [0.25, 0.3) is 0 Å². The van der Waals surface area contributed by atoms with Crippen molar-refractivity contribution in [3.05, 3.63) is 45.5 Å². The number of imidazole rings is 1. The number of hydrogen-bond acceptors (Lipinski definition) is 4. The summed E-state index contributed by atoms with van der Waals surface area (Å²) < 4.78 is 3.28. The largest absolute Gasteiger partial charge is 0.328 e. The Bertz CT molecular complexity index is 1030. The van der Waals surface area contributed by atoms with E-state index in [0.29, 0.717) is 11.6 Å². The summed E-state index contributed by atoms with van der Waals surface area (Å²) in [5.74, 6) is 0.907. The summed E-state index contributed by atoms with van der Waals surface area (Å²) in [6.45, 7) is 1.95. The van der Waals surface area contributed by atoms with Crippen LogP contribution in [-0.2, 0) is 18.9 Å². The third-order valence-electron chi connectivity index (χ3n) is 4.49. The minimum absolute atomic E-state index is 0.0163. The maximum Gasteiger partial charge on any atom is 0.328 e. The molecule has 1 unspecified atom stereocenters. The van der Waals surface area contributed by atoms with Crippen molar-refractivity contribution in [2.45, 2.75) is 12.2 Å². The maximum absolute atomic E-state index is 12.1. The van der Waals surface area contributed by atoms with Crippen LogP contribution in [0.1, 0.15) is 22.1 Å². The average molecular weight is 343 g/mol. The number of H-pyrrole nitrogens is 1. The monoisotopic (exact) mass is 343 g/mol. The zero-order valence-electron chi connectivity index (χ0n) is 13.6. The lowest BCUT2D eigenvalue weighted by atomic mass is 10.0. The van der Waals surface area contributed by atoms with Gasteiger partial charge in [0.15, 0.2) is 5.82 Å². The highest BCUT2D eigenvalue weighted by Crippen LogP contribution is 2.42. The van der Waals surface area contributed by atoms with E-state index in [1.165, 1.54) is 0 Å². The molecule has 1 atom stereocenters. The van der Waals surface area contributed by atoms with Gasteiger partial charge in [0.2, 0.25) is 5.91 Å². The number of hydrogen-bond donors (Lipinski definition) is 2. The van der Waals surface area contributed by atoms with Gasteiger partial charge in [-0.15, -0.1) is 11.8 Å². The van der Waals surface area contributed by atoms with Crippen molar-refractivity contribution >= 4 is 34.5 Å². The number of nitrogens with zero attached hydrogens (tertiary/aromatic N) is 3. The Morgan fingerprint density at radius 3 is 2.75 bits per heavy atom. The quantitative estimate of drug-likeness (QED) is 0.704. The molecule has 3 aromatic rings. The first-order valence-electron chi connectivity index (χ1n) is 7.59. The van der Waals surface area contributed by atoms with E-state index in [1.807, 2.05) is 25.1 Å². The molecule has 0 saturated carbocycles. The van der Waals surface area contributed by atoms with Crippen LogP contribution in [0.25, 0.3) is 11.0 Å². The van der Waals surface area contributed by atoms with Crippen molar-refractivity contribution in [2.24, 2.45) is 14.1 Å². The van der Waals surface area contributed by atoms with Crippen LogP contribution >= 0.6 is 11.8 Å². The number of aryl methyl sites for hydroxylation is 3. The highest BCUT2D eigenvalue weighted by Gasteiger charge is 2.28. The number of anilines is 1. The lowest BCUT2D eigenvalue weighted by Gasteiger charge is -2.15. The summed E-state index contributed by atoms with van der Waals surface area (Å²) >= 11 is 1.57. The molecule has 7 nitrogen and oxygen atoms in total. The van der Waals surface area contributed by atoms with Gasteiger partial charge >= 0.3 is 5.69 Å². The number of carbonyl (C=O) groups excluding carboxylic acids is 1. The second kappa shape index (κ2) is 5.27. The summed E-state index contributed by atoms with van der Waals surface area (Å²) in [6.07, 6.45) is 0. The van der Waals surface area contributed by atoms with E-state index in [9.17, 15) is 9.59 Å². The molecule has 1 aromatic carbocycles. The molecule has 0 fully saturated rings. The number of amides is 1. The molecule has 0 bridgehead atoms. The number of rotatable bonds is 1. The topological polar surface area (TPSA) is 84.7 Å². The van der Waals surface area contributed by atoms with Crippen molar-refractivity contribution in [1.82, 2.24) is 19.3 Å². The second-order valence-electron chi connectivity index (χ2n) is 6.00. The fraction of sp³-hybridized carbons (Fsp3) is 0.312. The van der Waals surface area contributed by atoms with E-state index in [1.54, 1.807) is 35.0 Å². The molecular weight excluding hydrogens is 326 g/mol. The predicted molar refractivity (Wildman–Crippen MR) is 94.4 cm³/mol. The Kier molecular flexibility index (Phi) is 3.31. The van der Waals surface area contributed by atoms with Gasteiger partial charge in [0, 0.05) is 25.4 Å². The molecule has 2 N–H and O–H groups in total. The molecule has 0 radical (unpaired) electrons. The molecule has 0 saturated heterocycles. The lowest BCUT2D eigenvalue weighted by molar-refractivity contribution is -0.113. The van der Waals surface area contributed by atoms with Crippen molar-refractivity contribution in [3.8, 4) is 0 Å². The fourth-order valence-electron chi connectivity index (χ4n) is 3.21. The van der Waals surface area contributed by atoms with E-state index in [0.717, 1.165) is 27.9 Å². The van der Waals surface area contributed by atoms with Crippen LogP contribution in [0.4, 0.5) is 5.82 Å². The summed E-state index contributed by atoms with van der Waals surface area (Å²) in [7, 11) is 3.54. The number of nitrogens with one attached hydrogen (secondary N) is 2. The molecular formula is C16H17N5O2S. The van der Waals surface area contributed by atoms with Gasteiger partial charge in [-0.2, -0.15) is 5.10 Å². The molecule has 8 heteroatoms. The molecule has 1 amide bonds. The third kappa shape index (κ3) is 2.10. The summed E-state index contributed by atoms with van der Waals surface area (Å²) in [5, 5.41) is 9.99. The maximum atomic E-state index is 12.1. The Morgan fingerprint density at radius 2 is 1.96 bits per heavy atom. The summed E-state index contributed by atoms with van der Waals surface area (Å²) in [4.78, 5) is 24.0. The van der Waals surface area contributed by atoms with E-state index in [4.69, 9.17) is 0 Å². The number of aromatic nitrogens is 4. The highest BCUT2D eigenvalue weighted by atomic mass is 32.2. The molecule has 0 spiro atoms. The number of benzene rings is 1. The van der Waals surface area contributed by atoms with Gasteiger partial charge in [-0.05, 0) is 24.6 Å². The Labute approximate surface area is 142 Å². The molecule has 1 aliphatic heterocycles. The molecule has 4 rings (SSSR count). The Hall–Kier alpha value is -2.48. The van der Waals surface area contributed by atoms with Gasteiger partial charge in [0.05, 0.1) is 22.0 Å². The first-order chi connectivity index (χ1) is 11.5. The van der Waals surface area contributed by atoms with Crippen molar-refractivity contribution in [3.63, 3.8) is 0 Å². The zero-order valence-corrected chi connectivity index (χ0v) is 14.4. The molecule has 0 aliphatic carbocycles. The van der Waals surface area contributed by atoms with Crippen LogP contribution in [-0.4, -0.2) is 31.0 Å². The van der Waals surface area contributed by atoms with Crippen molar-refractivity contribution in [1.29, 1.82) is 0 Å². The number of aromatic amines is 1. The van der Waals surface area contributed by atoms with Crippen LogP contribution in [0, 0.1) is 6.92 Å². The zero-order chi connectivity index (χ0) is 17.0. The normalized spacial score (nSPS) is 17.6. The first-order valence-corrected chi connectivity index (χ1v) is 8.64. The van der Waals surface area contributed by atoms with Crippen LogP contribution in [0.15, 0.2) is 23.0 Å². The van der Waals surface area contributed by atoms with E-state index in [2.05, 4.69) is 15.5 Å². The number of fused-ring (bicyclic) bond motifs is 2. The second-order valence-corrected chi connectivity index (χ2v) is 7.09. The number of thioether (sulfide) groups is 1. The average Bonchev–Trinajstić information content (AvgIpc) is 2.95. The Balaban J connectivity index is 1.91. The van der Waals surface area contributed by atoms with Gasteiger partial charge in [-0.3, -0.25) is 19.0 Å². The van der Waals surface area contributed by atoms with E-state index < -0.39 is 0 Å². The van der Waals surface area contributed by atoms with Crippen LogP contribution in [0.2, 0.25) is 0 Å². The fourth-order valence-corrected chi connectivity index (χ4v) is 4.40. The number of carbonyl (C=O) groups is 1. The standard InChI is InChI=1S/C16H17N5O2S/c1-8-13-14(24-7-12(22)17-15(13)19-18-8)9-4-5-10-11(6-9)21(3)16(23)20(10)2/h4-6,14H,7H2,1-3H3,(H2,17,18,19,22). The van der Waals surface area contributed by atoms with Gasteiger partial charge < -0.3 is 5.32 Å². The molecule has 3 heterocycles. The molecule has 1 aliphatic rings. The molecule has 24 heavy (non-hydrogen) atoms. The minimum atomic E-state index is -0.0524.